The van der Waals surface area contributed by atoms with Crippen molar-refractivity contribution in [1.82, 2.24) is 0 Å². The molecule has 2 N–H and O–H groups in total. The maximum Gasteiger partial charge on any atom is 0.0393 e. The van der Waals surface area contributed by atoms with E-state index in [0.717, 1.165) is 12.3 Å². The van der Waals surface area contributed by atoms with Gasteiger partial charge in [-0.05, 0) is 61.1 Å². The molecule has 1 aliphatic rings. The predicted octanol–water partition coefficient (Wildman–Crippen LogP) is 6.59. The van der Waals surface area contributed by atoms with Crippen LogP contribution in [-0.2, 0) is 6.42 Å². The summed E-state index contributed by atoms with van der Waals surface area (Å²) in [6, 6.07) is 11.5. The number of rotatable bonds is 4. The smallest absolute Gasteiger partial charge is 0.0393 e. The van der Waals surface area contributed by atoms with Gasteiger partial charge in [-0.25, -0.2) is 0 Å². The first-order chi connectivity index (χ1) is 12.3. The van der Waals surface area contributed by atoms with Crippen LogP contribution in [0.3, 0.4) is 0 Å². The Labute approximate surface area is 153 Å². The molecule has 1 aliphatic carbocycles. The molecule has 25 heavy (non-hydrogen) atoms. The van der Waals surface area contributed by atoms with E-state index in [2.05, 4.69) is 43.3 Å². The monoisotopic (exact) mass is 347 g/mol. The fourth-order valence-corrected chi connectivity index (χ4v) is 5.68. The minimum absolute atomic E-state index is 0.760. The number of hydrogen-bond acceptors (Lipinski definition) is 2. The van der Waals surface area contributed by atoms with Gasteiger partial charge in [0.2, 0.25) is 0 Å². The third kappa shape index (κ3) is 3.00. The van der Waals surface area contributed by atoms with Gasteiger partial charge in [0, 0.05) is 20.2 Å². The first kappa shape index (κ1) is 16.4. The van der Waals surface area contributed by atoms with Crippen molar-refractivity contribution in [1.29, 1.82) is 0 Å². The lowest BCUT2D eigenvalue weighted by atomic mass is 9.95. The summed E-state index contributed by atoms with van der Waals surface area (Å²) in [6.45, 7) is 2.23. The third-order valence-corrected chi connectivity index (χ3v) is 6.84. The summed E-state index contributed by atoms with van der Waals surface area (Å²) in [6.07, 6.45) is 14.1. The molecule has 0 radical (unpaired) electrons. The van der Waals surface area contributed by atoms with Gasteiger partial charge >= 0.3 is 0 Å². The topological polar surface area (TPSA) is 26.0 Å². The van der Waals surface area contributed by atoms with Crippen molar-refractivity contribution in [2.45, 2.75) is 44.9 Å². The van der Waals surface area contributed by atoms with Crippen LogP contribution in [0.4, 0.5) is 0 Å². The van der Waals surface area contributed by atoms with E-state index in [-0.39, 0.29) is 0 Å². The third-order valence-electron chi connectivity index (χ3n) is 5.51. The standard InChI is InChI=1S/C23H25NS/c1-16-13-14-21-20-12-7-11-19(17-8-4-5-9-17)23(20)25-22(21)18(16)10-3-2-6-15-24/h2-3,6-7,11-15,17H,4-5,8-10,24H2,1H3/b3-2-,15-6-. The summed E-state index contributed by atoms with van der Waals surface area (Å²) < 4.78 is 2.98. The molecule has 0 saturated heterocycles. The van der Waals surface area contributed by atoms with Crippen molar-refractivity contribution in [2.24, 2.45) is 5.73 Å². The van der Waals surface area contributed by atoms with Crippen LogP contribution in [0, 0.1) is 6.92 Å². The lowest BCUT2D eigenvalue weighted by molar-refractivity contribution is 0.730. The molecule has 1 fully saturated rings. The Bertz CT molecular complexity index is 955. The van der Waals surface area contributed by atoms with E-state index in [4.69, 9.17) is 5.73 Å². The molecule has 2 aromatic carbocycles. The fourth-order valence-electron chi connectivity index (χ4n) is 4.18. The summed E-state index contributed by atoms with van der Waals surface area (Å²) in [5, 5.41) is 2.86. The summed E-state index contributed by atoms with van der Waals surface area (Å²) in [5.41, 5.74) is 9.84. The molecule has 2 heteroatoms. The molecule has 3 aromatic rings. The van der Waals surface area contributed by atoms with Gasteiger partial charge in [0.15, 0.2) is 0 Å². The van der Waals surface area contributed by atoms with E-state index in [1.807, 2.05) is 23.5 Å². The average Bonchev–Trinajstić information content (AvgIpc) is 3.27. The van der Waals surface area contributed by atoms with Crippen LogP contribution >= 0.6 is 11.3 Å². The van der Waals surface area contributed by atoms with Gasteiger partial charge < -0.3 is 5.73 Å². The van der Waals surface area contributed by atoms with Crippen LogP contribution < -0.4 is 5.73 Å². The molecule has 128 valence electrons. The maximum absolute atomic E-state index is 5.43. The zero-order valence-electron chi connectivity index (χ0n) is 14.8. The number of allylic oxidation sites excluding steroid dienone is 3. The van der Waals surface area contributed by atoms with Gasteiger partial charge in [-0.2, -0.15) is 0 Å². The lowest BCUT2D eigenvalue weighted by Gasteiger charge is -2.10. The Morgan fingerprint density at radius 3 is 2.64 bits per heavy atom. The molecule has 1 heterocycles. The van der Waals surface area contributed by atoms with E-state index < -0.39 is 0 Å². The zero-order valence-corrected chi connectivity index (χ0v) is 15.6. The summed E-state index contributed by atoms with van der Waals surface area (Å²) in [4.78, 5) is 0. The lowest BCUT2D eigenvalue weighted by Crippen LogP contribution is -1.91. The van der Waals surface area contributed by atoms with Crippen LogP contribution in [-0.4, -0.2) is 0 Å². The molecule has 0 amide bonds. The van der Waals surface area contributed by atoms with Gasteiger partial charge in [0.25, 0.3) is 0 Å². The summed E-state index contributed by atoms with van der Waals surface area (Å²) in [7, 11) is 0. The van der Waals surface area contributed by atoms with E-state index in [9.17, 15) is 0 Å². The second kappa shape index (κ2) is 7.05. The van der Waals surface area contributed by atoms with Crippen molar-refractivity contribution >= 4 is 31.5 Å². The van der Waals surface area contributed by atoms with Gasteiger partial charge in [-0.1, -0.05) is 55.3 Å². The van der Waals surface area contributed by atoms with Gasteiger partial charge in [0.05, 0.1) is 0 Å². The normalized spacial score (nSPS) is 16.2. The molecular formula is C23H25NS. The summed E-state index contributed by atoms with van der Waals surface area (Å²) in [5.74, 6) is 0.760. The van der Waals surface area contributed by atoms with Crippen LogP contribution in [0.5, 0.6) is 0 Å². The fraction of sp³-hybridized carbons (Fsp3) is 0.304. The number of aryl methyl sites for hydroxylation is 1. The van der Waals surface area contributed by atoms with Gasteiger partial charge in [0.1, 0.15) is 0 Å². The maximum atomic E-state index is 5.43. The Balaban J connectivity index is 1.87. The molecule has 0 unspecified atom stereocenters. The highest BCUT2D eigenvalue weighted by Gasteiger charge is 2.21. The molecule has 1 saturated carbocycles. The summed E-state index contributed by atoms with van der Waals surface area (Å²) >= 11 is 2.00. The zero-order chi connectivity index (χ0) is 17.2. The highest BCUT2D eigenvalue weighted by molar-refractivity contribution is 7.26. The van der Waals surface area contributed by atoms with Crippen LogP contribution in [0.2, 0.25) is 0 Å². The Morgan fingerprint density at radius 2 is 1.84 bits per heavy atom. The Hall–Kier alpha value is -2.06. The predicted molar refractivity (Wildman–Crippen MR) is 111 cm³/mol. The van der Waals surface area contributed by atoms with Gasteiger partial charge in [-0.3, -0.25) is 0 Å². The second-order valence-electron chi connectivity index (χ2n) is 7.06. The van der Waals surface area contributed by atoms with Crippen LogP contribution in [0.15, 0.2) is 54.8 Å². The molecule has 4 rings (SSSR count). The average molecular weight is 348 g/mol. The molecule has 1 aromatic heterocycles. The quantitative estimate of drug-likeness (QED) is 0.529. The minimum Gasteiger partial charge on any atom is -0.405 e. The molecule has 1 nitrogen and oxygen atoms in total. The first-order valence-electron chi connectivity index (χ1n) is 9.26. The van der Waals surface area contributed by atoms with E-state index in [1.54, 1.807) is 11.8 Å². The van der Waals surface area contributed by atoms with Crippen molar-refractivity contribution in [3.63, 3.8) is 0 Å². The number of thiophene rings is 1. The van der Waals surface area contributed by atoms with Crippen molar-refractivity contribution in [3.8, 4) is 0 Å². The Kier molecular flexibility index (Phi) is 4.63. The van der Waals surface area contributed by atoms with Crippen molar-refractivity contribution < 1.29 is 0 Å². The van der Waals surface area contributed by atoms with Gasteiger partial charge in [-0.15, -0.1) is 11.3 Å². The molecule has 0 aliphatic heterocycles. The van der Waals surface area contributed by atoms with E-state index >= 15 is 0 Å². The van der Waals surface area contributed by atoms with E-state index in [1.165, 1.54) is 57.0 Å². The van der Waals surface area contributed by atoms with Crippen LogP contribution in [0.1, 0.15) is 48.3 Å². The molecule has 0 spiro atoms. The number of fused-ring (bicyclic) bond motifs is 3. The highest BCUT2D eigenvalue weighted by Crippen LogP contribution is 2.44. The number of hydrogen-bond donors (Lipinski definition) is 1. The molecular weight excluding hydrogens is 322 g/mol. The van der Waals surface area contributed by atoms with E-state index in [0.29, 0.717) is 0 Å². The Morgan fingerprint density at radius 1 is 1.04 bits per heavy atom. The molecule has 0 bridgehead atoms. The SMILES string of the molecule is Cc1ccc2c(sc3c(C4CCCC4)cccc32)c1C/C=C\C=C/N. The second-order valence-corrected chi connectivity index (χ2v) is 8.08. The highest BCUT2D eigenvalue weighted by atomic mass is 32.1. The minimum atomic E-state index is 0.760. The first-order valence-corrected chi connectivity index (χ1v) is 10.1. The number of nitrogens with two attached hydrogens (primary N) is 1. The van der Waals surface area contributed by atoms with Crippen molar-refractivity contribution in [3.05, 3.63) is 71.5 Å². The van der Waals surface area contributed by atoms with Crippen molar-refractivity contribution in [2.75, 3.05) is 0 Å². The number of benzene rings is 2. The molecule has 0 atom stereocenters. The largest absolute Gasteiger partial charge is 0.405 e. The van der Waals surface area contributed by atoms with Crippen LogP contribution in [0.25, 0.3) is 20.2 Å².